The van der Waals surface area contributed by atoms with E-state index in [4.69, 9.17) is 9.47 Å². The van der Waals surface area contributed by atoms with E-state index in [1.54, 1.807) is 6.08 Å². The molecule has 0 amide bonds. The largest absolute Gasteiger partial charge is 0.466 e. The summed E-state index contributed by atoms with van der Waals surface area (Å²) in [5.74, 6) is -1.28. The summed E-state index contributed by atoms with van der Waals surface area (Å²) in [5, 5.41) is 0. The average molecular weight is 421 g/mol. The van der Waals surface area contributed by atoms with Gasteiger partial charge in [-0.2, -0.15) is 0 Å². The number of methoxy groups -OCH3 is 1. The molecule has 0 aromatic heterocycles. The summed E-state index contributed by atoms with van der Waals surface area (Å²) in [7, 11) is 1.37. The van der Waals surface area contributed by atoms with Crippen molar-refractivity contribution >= 4 is 12.0 Å². The maximum atomic E-state index is 11.4. The maximum absolute atomic E-state index is 11.4. The highest BCUT2D eigenvalue weighted by Crippen LogP contribution is 2.48. The molecule has 1 heterocycles. The number of esters is 1. The molecule has 164 valence electrons. The summed E-state index contributed by atoms with van der Waals surface area (Å²) in [6.45, 7) is 10.4. The summed E-state index contributed by atoms with van der Waals surface area (Å²) in [5.41, 5.74) is 5.99. The maximum Gasteiger partial charge on any atom is 0.330 e. The zero-order valence-electron chi connectivity index (χ0n) is 19.2. The van der Waals surface area contributed by atoms with Crippen LogP contribution >= 0.6 is 0 Å². The average Bonchev–Trinajstić information content (AvgIpc) is 3.26. The fraction of sp³-hybridized carbons (Fsp3) is 0.444. The molecule has 0 radical (unpaired) electrons. The van der Waals surface area contributed by atoms with Gasteiger partial charge < -0.3 is 14.2 Å². The second-order valence-corrected chi connectivity index (χ2v) is 9.82. The fourth-order valence-electron chi connectivity index (χ4n) is 4.75. The van der Waals surface area contributed by atoms with E-state index in [2.05, 4.69) is 50.6 Å². The molecule has 4 nitrogen and oxygen atoms in total. The minimum absolute atomic E-state index is 0.114. The SMILES string of the molecule is COC(=O)/C=C/c1ccc(C2(c3ccc4c(c3)C(C)(C)CCC4(C)C)OCCO2)cc1. The Labute approximate surface area is 185 Å². The Morgan fingerprint density at radius 3 is 2.06 bits per heavy atom. The molecule has 1 aliphatic heterocycles. The second-order valence-electron chi connectivity index (χ2n) is 9.82. The number of carbonyl (C=O) groups excluding carboxylic acids is 1. The zero-order chi connectivity index (χ0) is 22.3. The van der Waals surface area contributed by atoms with Gasteiger partial charge in [-0.1, -0.05) is 64.1 Å². The van der Waals surface area contributed by atoms with Gasteiger partial charge in [0.05, 0.1) is 20.3 Å². The Balaban J connectivity index is 1.74. The van der Waals surface area contributed by atoms with E-state index >= 15 is 0 Å². The van der Waals surface area contributed by atoms with Crippen LogP contribution in [0.15, 0.2) is 48.5 Å². The number of benzene rings is 2. The molecule has 0 atom stereocenters. The molecule has 1 fully saturated rings. The normalized spacial score (nSPS) is 21.1. The molecule has 0 saturated carbocycles. The van der Waals surface area contributed by atoms with Crippen LogP contribution in [0.25, 0.3) is 6.08 Å². The minimum Gasteiger partial charge on any atom is -0.466 e. The number of rotatable bonds is 4. The van der Waals surface area contributed by atoms with Gasteiger partial charge in [0, 0.05) is 17.2 Å². The van der Waals surface area contributed by atoms with Gasteiger partial charge in [0.1, 0.15) is 0 Å². The highest BCUT2D eigenvalue weighted by Gasteiger charge is 2.43. The lowest BCUT2D eigenvalue weighted by Gasteiger charge is -2.42. The fourth-order valence-corrected chi connectivity index (χ4v) is 4.75. The minimum atomic E-state index is -0.905. The van der Waals surface area contributed by atoms with E-state index in [0.717, 1.165) is 23.1 Å². The number of fused-ring (bicyclic) bond motifs is 1. The molecule has 1 saturated heterocycles. The first-order valence-electron chi connectivity index (χ1n) is 11.0. The van der Waals surface area contributed by atoms with Crippen molar-refractivity contribution in [1.82, 2.24) is 0 Å². The van der Waals surface area contributed by atoms with Crippen molar-refractivity contribution in [2.75, 3.05) is 20.3 Å². The Morgan fingerprint density at radius 2 is 1.45 bits per heavy atom. The van der Waals surface area contributed by atoms with Crippen LogP contribution < -0.4 is 0 Å². The standard InChI is InChI=1S/C27H32O4/c1-25(2)14-15-26(3,4)23-18-21(11-12-22(23)25)27(30-16-17-31-27)20-9-6-19(7-10-20)8-13-24(28)29-5/h6-13,18H,14-17H2,1-5H3/b13-8+. The highest BCUT2D eigenvalue weighted by molar-refractivity contribution is 5.86. The molecule has 0 N–H and O–H groups in total. The van der Waals surface area contributed by atoms with Gasteiger partial charge >= 0.3 is 5.97 Å². The Kier molecular flexibility index (Phi) is 5.57. The van der Waals surface area contributed by atoms with Crippen LogP contribution in [0.3, 0.4) is 0 Å². The molecule has 4 heteroatoms. The number of hydrogen-bond donors (Lipinski definition) is 0. The summed E-state index contributed by atoms with van der Waals surface area (Å²) in [4.78, 5) is 11.4. The number of ether oxygens (including phenoxy) is 3. The summed E-state index contributed by atoms with van der Waals surface area (Å²) < 4.78 is 17.2. The topological polar surface area (TPSA) is 44.8 Å². The lowest BCUT2D eigenvalue weighted by atomic mass is 9.62. The van der Waals surface area contributed by atoms with Crippen LogP contribution in [-0.4, -0.2) is 26.3 Å². The Hall–Kier alpha value is -2.43. The first-order valence-corrected chi connectivity index (χ1v) is 11.0. The van der Waals surface area contributed by atoms with E-state index in [1.807, 2.05) is 24.3 Å². The van der Waals surface area contributed by atoms with Crippen LogP contribution in [0.5, 0.6) is 0 Å². The third kappa shape index (κ3) is 3.95. The van der Waals surface area contributed by atoms with Crippen molar-refractivity contribution in [1.29, 1.82) is 0 Å². The molecule has 31 heavy (non-hydrogen) atoms. The molecule has 2 aliphatic rings. The van der Waals surface area contributed by atoms with E-state index in [-0.39, 0.29) is 16.8 Å². The van der Waals surface area contributed by atoms with Crippen LogP contribution in [-0.2, 0) is 35.6 Å². The van der Waals surface area contributed by atoms with Gasteiger partial charge in [-0.05, 0) is 52.5 Å². The van der Waals surface area contributed by atoms with Crippen LogP contribution in [0.1, 0.15) is 68.4 Å². The smallest absolute Gasteiger partial charge is 0.330 e. The van der Waals surface area contributed by atoms with Gasteiger partial charge in [0.25, 0.3) is 0 Å². The second kappa shape index (κ2) is 7.92. The number of carbonyl (C=O) groups is 1. The molecular formula is C27H32O4. The lowest BCUT2D eigenvalue weighted by molar-refractivity contribution is -0.134. The van der Waals surface area contributed by atoms with E-state index in [0.29, 0.717) is 13.2 Å². The van der Waals surface area contributed by atoms with Crippen LogP contribution in [0.4, 0.5) is 0 Å². The Morgan fingerprint density at radius 1 is 0.871 bits per heavy atom. The van der Waals surface area contributed by atoms with Crippen molar-refractivity contribution in [3.05, 3.63) is 76.4 Å². The predicted molar refractivity (Wildman–Crippen MR) is 122 cm³/mol. The number of hydrogen-bond acceptors (Lipinski definition) is 4. The molecule has 4 rings (SSSR count). The molecule has 0 spiro atoms. The first-order chi connectivity index (χ1) is 14.7. The highest BCUT2D eigenvalue weighted by atomic mass is 16.7. The van der Waals surface area contributed by atoms with E-state index in [1.165, 1.54) is 30.7 Å². The predicted octanol–water partition coefficient (Wildman–Crippen LogP) is 5.47. The Bertz CT molecular complexity index is 992. The van der Waals surface area contributed by atoms with Crippen molar-refractivity contribution in [2.24, 2.45) is 0 Å². The lowest BCUT2D eigenvalue weighted by Crippen LogP contribution is -2.35. The molecule has 0 bridgehead atoms. The summed E-state index contributed by atoms with van der Waals surface area (Å²) >= 11 is 0. The molecular weight excluding hydrogens is 388 g/mol. The molecule has 2 aromatic carbocycles. The first kappa shape index (κ1) is 21.8. The third-order valence-corrected chi connectivity index (χ3v) is 6.83. The van der Waals surface area contributed by atoms with Crippen molar-refractivity contribution in [2.45, 2.75) is 57.2 Å². The van der Waals surface area contributed by atoms with E-state index in [9.17, 15) is 4.79 Å². The van der Waals surface area contributed by atoms with Crippen molar-refractivity contribution in [3.63, 3.8) is 0 Å². The van der Waals surface area contributed by atoms with Crippen LogP contribution in [0, 0.1) is 0 Å². The summed E-state index contributed by atoms with van der Waals surface area (Å²) in [6.07, 6.45) is 5.50. The van der Waals surface area contributed by atoms with Gasteiger partial charge in [0.2, 0.25) is 5.79 Å². The zero-order valence-corrected chi connectivity index (χ0v) is 19.2. The quantitative estimate of drug-likeness (QED) is 0.486. The van der Waals surface area contributed by atoms with Crippen molar-refractivity contribution < 1.29 is 19.0 Å². The van der Waals surface area contributed by atoms with Gasteiger partial charge in [-0.15, -0.1) is 0 Å². The van der Waals surface area contributed by atoms with Gasteiger partial charge in [-0.25, -0.2) is 4.79 Å². The van der Waals surface area contributed by atoms with Crippen LogP contribution in [0.2, 0.25) is 0 Å². The molecule has 2 aromatic rings. The van der Waals surface area contributed by atoms with Gasteiger partial charge in [-0.3, -0.25) is 0 Å². The van der Waals surface area contributed by atoms with Crippen molar-refractivity contribution in [3.8, 4) is 0 Å². The third-order valence-electron chi connectivity index (χ3n) is 6.83. The summed E-state index contributed by atoms with van der Waals surface area (Å²) in [6, 6.07) is 14.7. The molecule has 0 unspecified atom stereocenters. The molecule has 1 aliphatic carbocycles. The monoisotopic (exact) mass is 420 g/mol. The van der Waals surface area contributed by atoms with Gasteiger partial charge in [0.15, 0.2) is 0 Å². The van der Waals surface area contributed by atoms with E-state index < -0.39 is 5.79 Å².